The van der Waals surface area contributed by atoms with Gasteiger partial charge in [0.05, 0.1) is 47.2 Å². The van der Waals surface area contributed by atoms with Crippen LogP contribution in [0.2, 0.25) is 0 Å². The maximum Gasteiger partial charge on any atom is 0.338 e. The minimum Gasteiger partial charge on any atom is -0.493 e. The zero-order valence-electron chi connectivity index (χ0n) is 24.1. The number of carbonyl (C=O) groups excluding carboxylic acids is 1. The lowest BCUT2D eigenvalue weighted by Gasteiger charge is -2.24. The number of methoxy groups -OCH3 is 1. The number of allylic oxidation sites excluding steroid dienone is 1. The zero-order chi connectivity index (χ0) is 30.5. The zero-order valence-corrected chi connectivity index (χ0v) is 25.8. The van der Waals surface area contributed by atoms with E-state index >= 15 is 0 Å². The van der Waals surface area contributed by atoms with Gasteiger partial charge in [0.15, 0.2) is 16.3 Å². The van der Waals surface area contributed by atoms with Gasteiger partial charge in [0.25, 0.3) is 5.56 Å². The lowest BCUT2D eigenvalue weighted by Crippen LogP contribution is -2.39. The molecule has 1 aliphatic heterocycles. The molecule has 0 saturated carbocycles. The van der Waals surface area contributed by atoms with Crippen LogP contribution in [-0.4, -0.2) is 30.5 Å². The maximum atomic E-state index is 13.9. The highest BCUT2D eigenvalue weighted by molar-refractivity contribution is 7.98. The van der Waals surface area contributed by atoms with Gasteiger partial charge in [0.1, 0.15) is 6.61 Å². The highest BCUT2D eigenvalue weighted by Crippen LogP contribution is 2.32. The number of nitriles is 1. The van der Waals surface area contributed by atoms with Crippen LogP contribution in [0.15, 0.2) is 92.7 Å². The molecule has 3 aromatic carbocycles. The predicted molar refractivity (Wildman–Crippen MR) is 167 cm³/mol. The van der Waals surface area contributed by atoms with Crippen molar-refractivity contribution in [1.29, 1.82) is 5.26 Å². The number of hydrogen-bond donors (Lipinski definition) is 0. The Balaban J connectivity index is 1.54. The van der Waals surface area contributed by atoms with E-state index in [1.54, 1.807) is 61.6 Å². The van der Waals surface area contributed by atoms with Crippen molar-refractivity contribution < 1.29 is 19.0 Å². The molecule has 5 rings (SSSR count). The molecule has 0 unspecified atom stereocenters. The Morgan fingerprint density at radius 2 is 1.91 bits per heavy atom. The monoisotopic (exact) mass is 611 g/mol. The normalized spacial score (nSPS) is 14.5. The van der Waals surface area contributed by atoms with E-state index in [0.29, 0.717) is 37.7 Å². The highest BCUT2D eigenvalue weighted by Gasteiger charge is 2.33. The fourth-order valence-electron chi connectivity index (χ4n) is 4.85. The first-order valence-electron chi connectivity index (χ1n) is 13.5. The van der Waals surface area contributed by atoms with Crippen LogP contribution in [0.1, 0.15) is 42.1 Å². The molecule has 1 aliphatic rings. The van der Waals surface area contributed by atoms with Gasteiger partial charge in [0, 0.05) is 10.5 Å². The summed E-state index contributed by atoms with van der Waals surface area (Å²) in [7, 11) is 1.55. The van der Waals surface area contributed by atoms with Gasteiger partial charge in [-0.2, -0.15) is 5.26 Å². The van der Waals surface area contributed by atoms with Crippen LogP contribution < -0.4 is 24.4 Å². The fraction of sp³-hybridized carbons (Fsp3) is 0.212. The molecule has 0 bridgehead atoms. The van der Waals surface area contributed by atoms with Gasteiger partial charge in [-0.1, -0.05) is 47.7 Å². The smallest absolute Gasteiger partial charge is 0.338 e. The fourth-order valence-corrected chi connectivity index (χ4v) is 6.30. The molecular weight excluding hydrogens is 583 g/mol. The van der Waals surface area contributed by atoms with E-state index in [9.17, 15) is 14.9 Å². The van der Waals surface area contributed by atoms with Gasteiger partial charge in [-0.25, -0.2) is 9.79 Å². The Kier molecular flexibility index (Phi) is 9.14. The molecule has 10 heteroatoms. The van der Waals surface area contributed by atoms with Crippen molar-refractivity contribution in [3.63, 3.8) is 0 Å². The Morgan fingerprint density at radius 1 is 1.14 bits per heavy atom. The van der Waals surface area contributed by atoms with Gasteiger partial charge in [-0.05, 0) is 67.6 Å². The van der Waals surface area contributed by atoms with Crippen molar-refractivity contribution in [3.05, 3.63) is 120 Å². The van der Waals surface area contributed by atoms with Crippen LogP contribution in [0, 0.1) is 11.3 Å². The number of ether oxygens (including phenoxy) is 3. The average molecular weight is 612 g/mol. The number of thioether (sulfide) groups is 1. The van der Waals surface area contributed by atoms with E-state index in [1.165, 1.54) is 11.3 Å². The topological polar surface area (TPSA) is 103 Å². The third-order valence-corrected chi connectivity index (χ3v) is 8.68. The number of nitrogens with zero attached hydrogens (tertiary/aromatic N) is 3. The van der Waals surface area contributed by atoms with Crippen LogP contribution in [0.3, 0.4) is 0 Å². The second kappa shape index (κ2) is 13.2. The summed E-state index contributed by atoms with van der Waals surface area (Å²) in [5.41, 5.74) is 3.45. The van der Waals surface area contributed by atoms with E-state index in [0.717, 1.165) is 21.6 Å². The number of aromatic nitrogens is 1. The molecule has 0 spiro atoms. The summed E-state index contributed by atoms with van der Waals surface area (Å²) in [6.07, 6.45) is 3.77. The van der Waals surface area contributed by atoms with Crippen LogP contribution in [0.5, 0.6) is 11.5 Å². The lowest BCUT2D eigenvalue weighted by molar-refractivity contribution is -0.139. The Bertz CT molecular complexity index is 1930. The summed E-state index contributed by atoms with van der Waals surface area (Å²) in [6, 6.07) is 22.0. The molecular formula is C33H29N3O5S2. The number of fused-ring (bicyclic) bond motifs is 1. The molecule has 1 atom stereocenters. The third kappa shape index (κ3) is 6.14. The number of rotatable bonds is 9. The number of thiazole rings is 1. The SMILES string of the molecule is CCOC(=O)C1=C(C)N=c2s/c(=C/c3ccc(OCc4ccccc4C#N)c(OC)c3)c(=O)n2[C@@H]1c1ccc(SC)cc1. The molecule has 0 N–H and O–H groups in total. The Morgan fingerprint density at radius 3 is 2.60 bits per heavy atom. The minimum absolute atomic E-state index is 0.206. The molecule has 218 valence electrons. The summed E-state index contributed by atoms with van der Waals surface area (Å²) < 4.78 is 19.0. The van der Waals surface area contributed by atoms with Crippen molar-refractivity contribution in [2.75, 3.05) is 20.0 Å². The van der Waals surface area contributed by atoms with Gasteiger partial charge < -0.3 is 14.2 Å². The van der Waals surface area contributed by atoms with E-state index in [1.807, 2.05) is 54.8 Å². The van der Waals surface area contributed by atoms with E-state index in [2.05, 4.69) is 11.1 Å². The van der Waals surface area contributed by atoms with Gasteiger partial charge in [-0.15, -0.1) is 11.8 Å². The third-order valence-electron chi connectivity index (χ3n) is 6.96. The molecule has 0 saturated heterocycles. The minimum atomic E-state index is -0.671. The Hall–Kier alpha value is -4.59. The largest absolute Gasteiger partial charge is 0.493 e. The van der Waals surface area contributed by atoms with Crippen LogP contribution in [0.4, 0.5) is 0 Å². The first kappa shape index (κ1) is 29.9. The molecule has 43 heavy (non-hydrogen) atoms. The molecule has 1 aromatic heterocycles. The van der Waals surface area contributed by atoms with Crippen molar-refractivity contribution >= 4 is 35.1 Å². The number of esters is 1. The van der Waals surface area contributed by atoms with Crippen molar-refractivity contribution in [3.8, 4) is 17.6 Å². The molecule has 0 fully saturated rings. The highest BCUT2D eigenvalue weighted by atomic mass is 32.2. The average Bonchev–Trinajstić information content (AvgIpc) is 3.33. The summed E-state index contributed by atoms with van der Waals surface area (Å²) in [5, 5.41) is 9.36. The van der Waals surface area contributed by atoms with Gasteiger partial charge in [0.2, 0.25) is 0 Å². The van der Waals surface area contributed by atoms with Crippen molar-refractivity contribution in [2.45, 2.75) is 31.4 Å². The van der Waals surface area contributed by atoms with Crippen LogP contribution >= 0.6 is 23.1 Å². The van der Waals surface area contributed by atoms with E-state index in [-0.39, 0.29) is 18.8 Å². The number of hydrogen-bond acceptors (Lipinski definition) is 9. The van der Waals surface area contributed by atoms with Crippen LogP contribution in [0.25, 0.3) is 6.08 Å². The standard InChI is InChI=1S/C33H29N3O5S2/c1-5-40-32(38)29-20(2)35-33-36(30(29)22-11-13-25(42-4)14-12-22)31(37)28(43-33)17-21-10-15-26(27(16-21)39-3)41-19-24-9-7-6-8-23(24)18-34/h6-17,30H,5,19H2,1-4H3/b28-17+/t30-/m1/s1. The molecule has 4 aromatic rings. The molecule has 8 nitrogen and oxygen atoms in total. The summed E-state index contributed by atoms with van der Waals surface area (Å²) in [5.74, 6) is 0.509. The van der Waals surface area contributed by atoms with E-state index < -0.39 is 12.0 Å². The van der Waals surface area contributed by atoms with Gasteiger partial charge >= 0.3 is 5.97 Å². The number of benzene rings is 3. The second-order valence-corrected chi connectivity index (χ2v) is 11.4. The molecule has 0 amide bonds. The molecule has 2 heterocycles. The van der Waals surface area contributed by atoms with Crippen molar-refractivity contribution in [2.24, 2.45) is 4.99 Å². The van der Waals surface area contributed by atoms with Crippen LogP contribution in [-0.2, 0) is 16.1 Å². The van der Waals surface area contributed by atoms with Gasteiger partial charge in [-0.3, -0.25) is 9.36 Å². The first-order chi connectivity index (χ1) is 20.9. The quantitative estimate of drug-likeness (QED) is 0.194. The predicted octanol–water partition coefficient (Wildman–Crippen LogP) is 4.98. The first-order valence-corrected chi connectivity index (χ1v) is 15.5. The second-order valence-electron chi connectivity index (χ2n) is 9.54. The summed E-state index contributed by atoms with van der Waals surface area (Å²) in [6.45, 7) is 3.94. The Labute approximate surface area is 257 Å². The lowest BCUT2D eigenvalue weighted by atomic mass is 9.96. The molecule has 0 radical (unpaired) electrons. The summed E-state index contributed by atoms with van der Waals surface area (Å²) >= 11 is 2.87. The summed E-state index contributed by atoms with van der Waals surface area (Å²) in [4.78, 5) is 33.3. The molecule has 0 aliphatic carbocycles. The maximum absolute atomic E-state index is 13.9. The van der Waals surface area contributed by atoms with Crippen molar-refractivity contribution in [1.82, 2.24) is 4.57 Å². The number of carbonyl (C=O) groups is 1. The van der Waals surface area contributed by atoms with E-state index in [4.69, 9.17) is 14.2 Å².